The van der Waals surface area contributed by atoms with Gasteiger partial charge in [-0.25, -0.2) is 14.6 Å². The highest BCUT2D eigenvalue weighted by molar-refractivity contribution is 5.96. The molecule has 0 bridgehead atoms. The van der Waals surface area contributed by atoms with Gasteiger partial charge in [0.2, 0.25) is 0 Å². The van der Waals surface area contributed by atoms with E-state index in [0.29, 0.717) is 12.2 Å². The molecule has 2 aromatic carbocycles. The first-order valence-corrected chi connectivity index (χ1v) is 13.0. The second kappa shape index (κ2) is 10.9. The van der Waals surface area contributed by atoms with Crippen LogP contribution in [0.5, 0.6) is 5.75 Å². The molecule has 0 fully saturated rings. The van der Waals surface area contributed by atoms with Gasteiger partial charge in [0.1, 0.15) is 17.4 Å². The second-order valence-corrected chi connectivity index (χ2v) is 9.58. The number of rotatable bonds is 9. The molecule has 37 heavy (non-hydrogen) atoms. The predicted molar refractivity (Wildman–Crippen MR) is 146 cm³/mol. The van der Waals surface area contributed by atoms with E-state index in [-0.39, 0.29) is 11.7 Å². The van der Waals surface area contributed by atoms with Crippen LogP contribution >= 0.6 is 0 Å². The molecule has 0 saturated heterocycles. The number of aryl methyl sites for hydroxylation is 2. The number of aromatic nitrogens is 5. The largest absolute Gasteiger partial charge is 0.496 e. The molecule has 3 heterocycles. The quantitative estimate of drug-likeness (QED) is 0.270. The lowest BCUT2D eigenvalue weighted by Crippen LogP contribution is -2.18. The molecule has 190 valence electrons. The highest BCUT2D eigenvalue weighted by atomic mass is 16.5. The summed E-state index contributed by atoms with van der Waals surface area (Å²) in [5.41, 5.74) is 4.83. The van der Waals surface area contributed by atoms with E-state index in [2.05, 4.69) is 29.0 Å². The number of nitrogens with zero attached hydrogens (tertiary/aromatic N) is 4. The fourth-order valence-electron chi connectivity index (χ4n) is 4.87. The average molecular weight is 496 g/mol. The Morgan fingerprint density at radius 3 is 2.73 bits per heavy atom. The third-order valence-corrected chi connectivity index (χ3v) is 6.90. The zero-order valence-corrected chi connectivity index (χ0v) is 21.7. The highest BCUT2D eigenvalue weighted by Gasteiger charge is 2.25. The Hall–Kier alpha value is -4.00. The average Bonchev–Trinajstić information content (AvgIpc) is 3.56. The van der Waals surface area contributed by atoms with Gasteiger partial charge in [0, 0.05) is 30.6 Å². The standard InChI is InChI=1S/C30H33N5O2/c1-4-5-8-26(36)23-13-11-22(12-14-23)24-7-6-17-35-30(24)33-28(34-35)16-10-21-9-15-25(27(18-21)37-3)29-31-19-20(2)32-29/h9-16,18-19,24H,4-8,17H2,1-3H3,(H,31,32). The number of carbonyl (C=O) groups is 1. The van der Waals surface area contributed by atoms with Crippen LogP contribution in [-0.4, -0.2) is 37.6 Å². The van der Waals surface area contributed by atoms with Crippen molar-refractivity contribution in [2.45, 2.75) is 58.4 Å². The maximum Gasteiger partial charge on any atom is 0.174 e. The van der Waals surface area contributed by atoms with Crippen LogP contribution in [0, 0.1) is 6.92 Å². The van der Waals surface area contributed by atoms with Crippen molar-refractivity contribution in [1.82, 2.24) is 24.7 Å². The number of hydrogen-bond donors (Lipinski definition) is 1. The van der Waals surface area contributed by atoms with E-state index in [1.807, 2.05) is 60.3 Å². The van der Waals surface area contributed by atoms with Crippen LogP contribution in [0.15, 0.2) is 48.7 Å². The first-order valence-electron chi connectivity index (χ1n) is 13.0. The lowest BCUT2D eigenvalue weighted by molar-refractivity contribution is 0.0979. The molecule has 0 saturated carbocycles. The molecule has 7 heteroatoms. The van der Waals surface area contributed by atoms with Crippen LogP contribution in [-0.2, 0) is 6.54 Å². The zero-order chi connectivity index (χ0) is 25.8. The number of ether oxygens (including phenoxy) is 1. The number of carbonyl (C=O) groups excluding carboxylic acids is 1. The maximum absolute atomic E-state index is 12.4. The summed E-state index contributed by atoms with van der Waals surface area (Å²) in [5.74, 6) is 3.62. The van der Waals surface area contributed by atoms with Crippen molar-refractivity contribution in [2.24, 2.45) is 0 Å². The third-order valence-electron chi connectivity index (χ3n) is 6.90. The van der Waals surface area contributed by atoms with E-state index in [4.69, 9.17) is 14.8 Å². The van der Waals surface area contributed by atoms with Crippen molar-refractivity contribution < 1.29 is 9.53 Å². The number of methoxy groups -OCH3 is 1. The smallest absolute Gasteiger partial charge is 0.174 e. The van der Waals surface area contributed by atoms with Crippen molar-refractivity contribution in [3.63, 3.8) is 0 Å². The van der Waals surface area contributed by atoms with Gasteiger partial charge in [0.05, 0.1) is 18.4 Å². The van der Waals surface area contributed by atoms with Gasteiger partial charge in [0.25, 0.3) is 0 Å². The fourth-order valence-corrected chi connectivity index (χ4v) is 4.87. The molecule has 7 nitrogen and oxygen atoms in total. The van der Waals surface area contributed by atoms with Crippen LogP contribution in [0.2, 0.25) is 0 Å². The van der Waals surface area contributed by atoms with Gasteiger partial charge < -0.3 is 9.72 Å². The molecule has 1 unspecified atom stereocenters. The Balaban J connectivity index is 1.34. The lowest BCUT2D eigenvalue weighted by atomic mass is 9.90. The van der Waals surface area contributed by atoms with E-state index in [9.17, 15) is 4.79 Å². The minimum atomic E-state index is 0.180. The molecule has 1 aliphatic rings. The molecule has 5 rings (SSSR count). The summed E-state index contributed by atoms with van der Waals surface area (Å²) in [6.07, 6.45) is 10.5. The zero-order valence-electron chi connectivity index (χ0n) is 21.7. The number of Topliss-reactive ketones (excluding diaryl/α,β-unsaturated/α-hetero) is 1. The Morgan fingerprint density at radius 2 is 2.00 bits per heavy atom. The molecule has 1 atom stereocenters. The van der Waals surface area contributed by atoms with Gasteiger partial charge in [-0.2, -0.15) is 5.10 Å². The second-order valence-electron chi connectivity index (χ2n) is 9.58. The summed E-state index contributed by atoms with van der Waals surface area (Å²) in [6.45, 7) is 4.93. The maximum atomic E-state index is 12.4. The number of fused-ring (bicyclic) bond motifs is 1. The number of H-pyrrole nitrogens is 1. The first-order chi connectivity index (χ1) is 18.1. The topological polar surface area (TPSA) is 85.7 Å². The van der Waals surface area contributed by atoms with Crippen molar-refractivity contribution in [2.75, 3.05) is 7.11 Å². The number of aromatic amines is 1. The van der Waals surface area contributed by atoms with Crippen molar-refractivity contribution in [3.8, 4) is 17.1 Å². The van der Waals surface area contributed by atoms with Crippen molar-refractivity contribution in [3.05, 3.63) is 82.7 Å². The Kier molecular flexibility index (Phi) is 7.30. The SMILES string of the molecule is CCCCC(=O)c1ccc(C2CCCn3nc(C=Cc4ccc(-c5nc(C)c[nH]5)c(OC)c4)nc32)cc1. The molecular weight excluding hydrogens is 462 g/mol. The molecule has 1 aliphatic heterocycles. The van der Waals surface area contributed by atoms with Crippen LogP contribution in [0.1, 0.15) is 83.8 Å². The van der Waals surface area contributed by atoms with Crippen LogP contribution < -0.4 is 4.74 Å². The van der Waals surface area contributed by atoms with Crippen molar-refractivity contribution >= 4 is 17.9 Å². The number of imidazole rings is 1. The third kappa shape index (κ3) is 5.40. The number of hydrogen-bond acceptors (Lipinski definition) is 5. The van der Waals surface area contributed by atoms with Gasteiger partial charge in [-0.15, -0.1) is 0 Å². The van der Waals surface area contributed by atoms with Gasteiger partial charge in [-0.3, -0.25) is 4.79 Å². The van der Waals surface area contributed by atoms with E-state index in [1.54, 1.807) is 7.11 Å². The van der Waals surface area contributed by atoms with E-state index < -0.39 is 0 Å². The van der Waals surface area contributed by atoms with Crippen LogP contribution in [0.25, 0.3) is 23.5 Å². The summed E-state index contributed by atoms with van der Waals surface area (Å²) >= 11 is 0. The molecule has 0 radical (unpaired) electrons. The summed E-state index contributed by atoms with van der Waals surface area (Å²) < 4.78 is 7.65. The van der Waals surface area contributed by atoms with Gasteiger partial charge in [-0.1, -0.05) is 49.8 Å². The van der Waals surface area contributed by atoms with Gasteiger partial charge in [-0.05, 0) is 55.5 Å². The molecular formula is C30H33N5O2. The minimum absolute atomic E-state index is 0.180. The molecule has 0 amide bonds. The summed E-state index contributed by atoms with van der Waals surface area (Å²) in [5, 5.41) is 4.75. The molecule has 0 aliphatic carbocycles. The monoisotopic (exact) mass is 495 g/mol. The first kappa shape index (κ1) is 24.7. The molecule has 0 spiro atoms. The normalized spacial score (nSPS) is 15.2. The summed E-state index contributed by atoms with van der Waals surface area (Å²) in [6, 6.07) is 14.1. The lowest BCUT2D eigenvalue weighted by Gasteiger charge is -2.22. The Morgan fingerprint density at radius 1 is 1.16 bits per heavy atom. The summed E-state index contributed by atoms with van der Waals surface area (Å²) in [7, 11) is 1.67. The Labute approximate surface area is 217 Å². The van der Waals surface area contributed by atoms with Crippen LogP contribution in [0.3, 0.4) is 0 Å². The molecule has 2 aromatic heterocycles. The number of unbranched alkanes of at least 4 members (excludes halogenated alkanes) is 1. The summed E-state index contributed by atoms with van der Waals surface area (Å²) in [4.78, 5) is 25.0. The highest BCUT2D eigenvalue weighted by Crippen LogP contribution is 2.33. The fraction of sp³-hybridized carbons (Fsp3) is 0.333. The van der Waals surface area contributed by atoms with E-state index in [0.717, 1.165) is 72.0 Å². The number of ketones is 1. The van der Waals surface area contributed by atoms with Gasteiger partial charge >= 0.3 is 0 Å². The Bertz CT molecular complexity index is 1410. The number of benzene rings is 2. The molecule has 4 aromatic rings. The minimum Gasteiger partial charge on any atom is -0.496 e. The number of nitrogens with one attached hydrogen (secondary N) is 1. The van der Waals surface area contributed by atoms with Gasteiger partial charge in [0.15, 0.2) is 11.6 Å². The van der Waals surface area contributed by atoms with Crippen molar-refractivity contribution in [1.29, 1.82) is 0 Å². The van der Waals surface area contributed by atoms with Crippen LogP contribution in [0.4, 0.5) is 0 Å². The molecule has 1 N–H and O–H groups in total. The predicted octanol–water partition coefficient (Wildman–Crippen LogP) is 6.45. The van der Waals surface area contributed by atoms with E-state index >= 15 is 0 Å². The van der Waals surface area contributed by atoms with E-state index in [1.165, 1.54) is 5.56 Å².